The Hall–Kier alpha value is -5.09. The Balaban J connectivity index is 4.57. The van der Waals surface area contributed by atoms with Crippen molar-refractivity contribution in [2.45, 2.75) is 360 Å². The molecule has 0 heterocycles. The standard InChI is InChI=1S/C93H156O16P2/c1-4-7-10-13-16-19-22-25-28-31-33-35-37-39-41-42-43-44-46-48-49-51-53-56-58-61-64-67-70-73-76-79-91(96)103-82-88(94)83-105-110(99,100)106-84-89(95)85-107-111(101,102)108-87-90(109-93(98)81-78-75-72-69-66-63-60-55-30-27-24-21-18-15-12-9-6-3)86-104-92(97)80-77-74-71-68-65-62-59-57-54-52-50-47-45-40-38-36-34-32-29-26-23-20-17-14-11-8-5-2/h7,9-10,12,16-21,25-30,33-36,39-41,43-45,60,63,88-90,94-95H,4-6,8,11,13-15,22-24,31-32,37-38,42,46-59,61-62,64-87H2,1-3H3,(H,99,100)(H,101,102)/b10-7-,12-9-,19-16-,20-17-,21-18-,28-25-,29-26-,30-27-,35-33-,36-34-,41-39-,44-43-,45-40-,63-60-. The molecule has 0 rings (SSSR count). The summed E-state index contributed by atoms with van der Waals surface area (Å²) in [7, 11) is -9.82. The van der Waals surface area contributed by atoms with E-state index < -0.39 is 91.5 Å². The molecule has 0 amide bonds. The predicted molar refractivity (Wildman–Crippen MR) is 463 cm³/mol. The van der Waals surface area contributed by atoms with Gasteiger partial charge in [-0.2, -0.15) is 0 Å². The van der Waals surface area contributed by atoms with Gasteiger partial charge < -0.3 is 34.2 Å². The lowest BCUT2D eigenvalue weighted by atomic mass is 10.0. The van der Waals surface area contributed by atoms with Gasteiger partial charge in [0.2, 0.25) is 0 Å². The van der Waals surface area contributed by atoms with Crippen molar-refractivity contribution < 1.29 is 75.8 Å². The topological polar surface area (TPSA) is 231 Å². The molecular weight excluding hydrogens is 1430 g/mol. The van der Waals surface area contributed by atoms with Crippen molar-refractivity contribution in [1.82, 2.24) is 0 Å². The molecule has 16 nitrogen and oxygen atoms in total. The molecule has 0 aromatic rings. The predicted octanol–water partition coefficient (Wildman–Crippen LogP) is 26.3. The summed E-state index contributed by atoms with van der Waals surface area (Å²) in [6.07, 6.45) is 108. The summed E-state index contributed by atoms with van der Waals surface area (Å²) in [6.45, 7) is 2.41. The van der Waals surface area contributed by atoms with Crippen molar-refractivity contribution >= 4 is 33.6 Å². The van der Waals surface area contributed by atoms with Crippen LogP contribution in [-0.4, -0.2) is 95.9 Å². The number of carbonyl (C=O) groups is 3. The van der Waals surface area contributed by atoms with Gasteiger partial charge in [0.15, 0.2) is 6.10 Å². The number of ether oxygens (including phenoxy) is 3. The first kappa shape index (κ1) is 106. The van der Waals surface area contributed by atoms with E-state index in [9.17, 15) is 43.5 Å². The second-order valence-corrected chi connectivity index (χ2v) is 31.5. The molecule has 18 heteroatoms. The zero-order valence-corrected chi connectivity index (χ0v) is 71.4. The Morgan fingerprint density at radius 3 is 0.757 bits per heavy atom. The van der Waals surface area contributed by atoms with Crippen LogP contribution in [0.15, 0.2) is 170 Å². The molecule has 0 aromatic carbocycles. The number of hydrogen-bond acceptors (Lipinski definition) is 14. The van der Waals surface area contributed by atoms with Crippen LogP contribution in [0.3, 0.4) is 0 Å². The van der Waals surface area contributed by atoms with E-state index >= 15 is 0 Å². The average Bonchev–Trinajstić information content (AvgIpc) is 0.900. The third-order valence-electron chi connectivity index (χ3n) is 17.9. The quantitative estimate of drug-likeness (QED) is 0.0146. The number of unbranched alkanes of at least 4 members (excludes halogenated alkanes) is 30. The van der Waals surface area contributed by atoms with Crippen LogP contribution in [-0.2, 0) is 55.8 Å². The van der Waals surface area contributed by atoms with E-state index in [4.69, 9.17) is 32.3 Å². The maximum Gasteiger partial charge on any atom is 0.472 e. The molecule has 0 aliphatic carbocycles. The van der Waals surface area contributed by atoms with Gasteiger partial charge in [-0.1, -0.05) is 339 Å². The minimum absolute atomic E-state index is 0.0717. The van der Waals surface area contributed by atoms with Crippen LogP contribution in [0, 0.1) is 0 Å². The molecule has 0 saturated carbocycles. The average molecular weight is 1590 g/mol. The van der Waals surface area contributed by atoms with E-state index in [1.807, 2.05) is 0 Å². The molecule has 0 radical (unpaired) electrons. The van der Waals surface area contributed by atoms with Crippen LogP contribution in [0.5, 0.6) is 0 Å². The SMILES string of the molecule is CC/C=C\C/C=C\C/C=C\C/C=C\C/C=C\C/C=C\CCCCCCCCCCCCCCC(=O)OCC(O)COP(=O)(O)OCC(O)COP(=O)(O)OCC(COC(=O)CCCCCCCCCCCCC/C=C\C/C=C\C/C=C\C/C=C\CCCCC)OC(=O)CCCCCC/C=C\C/C=C\C/C=C\C/C=C\CC. The number of phosphoric ester groups is 2. The van der Waals surface area contributed by atoms with E-state index in [1.54, 1.807) is 0 Å². The first-order chi connectivity index (χ1) is 54.2. The molecule has 0 aliphatic rings. The molecule has 4 N–H and O–H groups in total. The molecule has 0 aliphatic heterocycles. The van der Waals surface area contributed by atoms with E-state index in [1.165, 1.54) is 116 Å². The van der Waals surface area contributed by atoms with Crippen molar-refractivity contribution in [1.29, 1.82) is 0 Å². The van der Waals surface area contributed by atoms with Gasteiger partial charge >= 0.3 is 33.6 Å². The lowest BCUT2D eigenvalue weighted by molar-refractivity contribution is -0.161. The van der Waals surface area contributed by atoms with Crippen LogP contribution in [0.1, 0.15) is 342 Å². The normalized spacial score (nSPS) is 14.7. The molecule has 0 bridgehead atoms. The summed E-state index contributed by atoms with van der Waals surface area (Å²) < 4.78 is 61.3. The molecule has 5 atom stereocenters. The first-order valence-electron chi connectivity index (χ1n) is 43.4. The van der Waals surface area contributed by atoms with Gasteiger partial charge in [0.25, 0.3) is 0 Å². The molecule has 0 spiro atoms. The van der Waals surface area contributed by atoms with E-state index in [0.29, 0.717) is 19.3 Å². The number of esters is 3. The maximum atomic E-state index is 13.0. The van der Waals surface area contributed by atoms with Crippen LogP contribution >= 0.6 is 15.6 Å². The van der Waals surface area contributed by atoms with Gasteiger partial charge in [0.05, 0.1) is 26.4 Å². The first-order valence-corrected chi connectivity index (χ1v) is 46.4. The lowest BCUT2D eigenvalue weighted by Crippen LogP contribution is -2.30. The van der Waals surface area contributed by atoms with Crippen molar-refractivity contribution in [3.05, 3.63) is 170 Å². The maximum absolute atomic E-state index is 13.0. The Labute approximate surface area is 675 Å². The third kappa shape index (κ3) is 85.6. The van der Waals surface area contributed by atoms with E-state index in [0.717, 1.165) is 167 Å². The largest absolute Gasteiger partial charge is 0.472 e. The number of aliphatic hydroxyl groups excluding tert-OH is 2. The van der Waals surface area contributed by atoms with Gasteiger partial charge in [-0.25, -0.2) is 9.13 Å². The van der Waals surface area contributed by atoms with Crippen LogP contribution in [0.25, 0.3) is 0 Å². The van der Waals surface area contributed by atoms with Crippen LogP contribution < -0.4 is 0 Å². The highest BCUT2D eigenvalue weighted by Crippen LogP contribution is 2.45. The van der Waals surface area contributed by atoms with E-state index in [-0.39, 0.29) is 19.3 Å². The summed E-state index contributed by atoms with van der Waals surface area (Å²) >= 11 is 0. The Kier molecular flexibility index (Phi) is 80.4. The zero-order valence-electron chi connectivity index (χ0n) is 69.6. The number of carbonyl (C=O) groups excluding carboxylic acids is 3. The Morgan fingerprint density at radius 2 is 0.477 bits per heavy atom. The monoisotopic (exact) mass is 1590 g/mol. The summed E-state index contributed by atoms with van der Waals surface area (Å²) in [5, 5.41) is 20.7. The fourth-order valence-corrected chi connectivity index (χ4v) is 13.0. The number of phosphoric acid groups is 2. The second-order valence-electron chi connectivity index (χ2n) is 28.6. The third-order valence-corrected chi connectivity index (χ3v) is 19.8. The molecule has 0 aromatic heterocycles. The van der Waals surface area contributed by atoms with Crippen molar-refractivity contribution in [2.75, 3.05) is 39.6 Å². The summed E-state index contributed by atoms with van der Waals surface area (Å²) in [4.78, 5) is 58.8. The van der Waals surface area contributed by atoms with Crippen LogP contribution in [0.2, 0.25) is 0 Å². The van der Waals surface area contributed by atoms with Gasteiger partial charge in [0, 0.05) is 19.3 Å². The number of allylic oxidation sites excluding steroid dienone is 28. The number of hydrogen-bond donors (Lipinski definition) is 4. The Morgan fingerprint density at radius 1 is 0.261 bits per heavy atom. The highest BCUT2D eigenvalue weighted by molar-refractivity contribution is 7.47. The van der Waals surface area contributed by atoms with Crippen molar-refractivity contribution in [3.8, 4) is 0 Å². The summed E-state index contributed by atoms with van der Waals surface area (Å²) in [6, 6.07) is 0. The van der Waals surface area contributed by atoms with Gasteiger partial charge in [-0.05, 0) is 154 Å². The second kappa shape index (κ2) is 84.3. The molecule has 634 valence electrons. The highest BCUT2D eigenvalue weighted by Gasteiger charge is 2.29. The molecule has 0 fully saturated rings. The molecular formula is C93H156O16P2. The van der Waals surface area contributed by atoms with Crippen LogP contribution in [0.4, 0.5) is 0 Å². The summed E-state index contributed by atoms with van der Waals surface area (Å²) in [5.41, 5.74) is 0. The van der Waals surface area contributed by atoms with Gasteiger partial charge in [-0.15, -0.1) is 0 Å². The minimum atomic E-state index is -4.95. The fraction of sp³-hybridized carbons (Fsp3) is 0.667. The lowest BCUT2D eigenvalue weighted by Gasteiger charge is -2.21. The Bertz CT molecular complexity index is 2700. The molecule has 5 unspecified atom stereocenters. The fourth-order valence-electron chi connectivity index (χ4n) is 11.4. The van der Waals surface area contributed by atoms with Gasteiger partial charge in [0.1, 0.15) is 25.4 Å². The number of aliphatic hydroxyl groups is 2. The highest BCUT2D eigenvalue weighted by atomic mass is 31.2. The van der Waals surface area contributed by atoms with Gasteiger partial charge in [-0.3, -0.25) is 32.5 Å². The van der Waals surface area contributed by atoms with Crippen molar-refractivity contribution in [3.63, 3.8) is 0 Å². The van der Waals surface area contributed by atoms with Crippen molar-refractivity contribution in [2.24, 2.45) is 0 Å². The number of rotatable bonds is 81. The zero-order chi connectivity index (χ0) is 80.8. The summed E-state index contributed by atoms with van der Waals surface area (Å²) in [5.74, 6) is -1.61. The van der Waals surface area contributed by atoms with E-state index in [2.05, 4.69) is 191 Å². The molecule has 111 heavy (non-hydrogen) atoms. The molecule has 0 saturated heterocycles. The smallest absolute Gasteiger partial charge is 0.463 e. The minimum Gasteiger partial charge on any atom is -0.463 e.